The van der Waals surface area contributed by atoms with E-state index in [4.69, 9.17) is 10.5 Å². The number of aromatic nitrogens is 1. The number of carbonyl (C=O) groups is 1. The number of hydrogen-bond acceptors (Lipinski definition) is 4. The molecule has 3 rings (SSSR count). The van der Waals surface area contributed by atoms with Crippen molar-refractivity contribution in [2.45, 2.75) is 33.8 Å². The highest BCUT2D eigenvalue weighted by atomic mass is 19.1. The number of pyridine rings is 1. The number of anilines is 1. The monoisotopic (exact) mass is 389 g/mol. The first-order chi connectivity index (χ1) is 13.3. The standard InChI is InChI=1S/C19H19F2N3O2.C2H6/c1-10-9-24(3)19(25)14-5-4-13(20)7-15(14)11(2)26-16-6-12(17(10)21)8-23-18(16)22;1-2/h4-8,11H,9H2,1-3H3,(H2,22,23);1-2H3/b17-10+;. The zero-order valence-corrected chi connectivity index (χ0v) is 16.7. The largest absolute Gasteiger partial charge is 0.482 e. The first-order valence-electron chi connectivity index (χ1n) is 9.10. The van der Waals surface area contributed by atoms with Crippen molar-refractivity contribution in [3.63, 3.8) is 0 Å². The number of likely N-dealkylation sites (N-methyl/N-ethyl adjacent to an activating group) is 1. The van der Waals surface area contributed by atoms with Gasteiger partial charge >= 0.3 is 0 Å². The van der Waals surface area contributed by atoms with Crippen LogP contribution in [0.1, 0.15) is 55.3 Å². The minimum absolute atomic E-state index is 0.0798. The average Bonchev–Trinajstić information content (AvgIpc) is 2.69. The van der Waals surface area contributed by atoms with E-state index in [-0.39, 0.29) is 35.1 Å². The summed E-state index contributed by atoms with van der Waals surface area (Å²) in [5.74, 6) is -1.06. The molecular weight excluding hydrogens is 364 g/mol. The lowest BCUT2D eigenvalue weighted by Crippen LogP contribution is -2.30. The van der Waals surface area contributed by atoms with Gasteiger partial charge in [0.25, 0.3) is 5.91 Å². The summed E-state index contributed by atoms with van der Waals surface area (Å²) in [4.78, 5) is 18.2. The number of hydrogen-bond donors (Lipinski definition) is 1. The van der Waals surface area contributed by atoms with Crippen LogP contribution in [0.25, 0.3) is 5.83 Å². The predicted octanol–water partition coefficient (Wildman–Crippen LogP) is 4.76. The van der Waals surface area contributed by atoms with Gasteiger partial charge in [-0.25, -0.2) is 13.8 Å². The van der Waals surface area contributed by atoms with Gasteiger partial charge in [0.1, 0.15) is 17.7 Å². The third-order valence-electron chi connectivity index (χ3n) is 4.32. The maximum absolute atomic E-state index is 14.7. The molecule has 0 aliphatic carbocycles. The Morgan fingerprint density at radius 1 is 1.25 bits per heavy atom. The Bertz CT molecular complexity index is 913. The SMILES string of the molecule is C/C1=C(\F)c2cnc(N)c(c2)OC(C)c2cc(F)ccc2C(=O)N(C)C1.CC. The van der Waals surface area contributed by atoms with Gasteiger partial charge in [0, 0.05) is 36.5 Å². The first-order valence-corrected chi connectivity index (χ1v) is 9.10. The summed E-state index contributed by atoms with van der Waals surface area (Å²) >= 11 is 0. The molecule has 1 atom stereocenters. The van der Waals surface area contributed by atoms with Gasteiger partial charge in [0.2, 0.25) is 0 Å². The molecule has 1 aromatic carbocycles. The topological polar surface area (TPSA) is 68.5 Å². The van der Waals surface area contributed by atoms with E-state index in [1.807, 2.05) is 13.8 Å². The van der Waals surface area contributed by atoms with E-state index in [0.717, 1.165) is 0 Å². The highest BCUT2D eigenvalue weighted by Gasteiger charge is 2.24. The normalized spacial score (nSPS) is 19.5. The molecule has 2 N–H and O–H groups in total. The minimum Gasteiger partial charge on any atom is -0.482 e. The van der Waals surface area contributed by atoms with E-state index in [1.54, 1.807) is 20.9 Å². The maximum Gasteiger partial charge on any atom is 0.254 e. The molecular formula is C21H25F2N3O2. The molecule has 0 saturated carbocycles. The third kappa shape index (κ3) is 4.30. The third-order valence-corrected chi connectivity index (χ3v) is 4.32. The van der Waals surface area contributed by atoms with E-state index in [1.165, 1.54) is 35.4 Å². The van der Waals surface area contributed by atoms with Gasteiger partial charge in [-0.05, 0) is 43.7 Å². The fourth-order valence-electron chi connectivity index (χ4n) is 2.94. The number of fused-ring (bicyclic) bond motifs is 3. The van der Waals surface area contributed by atoms with E-state index in [0.29, 0.717) is 11.1 Å². The molecule has 7 heteroatoms. The summed E-state index contributed by atoms with van der Waals surface area (Å²) in [5, 5.41) is 0. The Morgan fingerprint density at radius 3 is 2.61 bits per heavy atom. The molecule has 5 nitrogen and oxygen atoms in total. The van der Waals surface area contributed by atoms with Crippen LogP contribution >= 0.6 is 0 Å². The molecule has 1 aliphatic rings. The molecule has 1 amide bonds. The summed E-state index contributed by atoms with van der Waals surface area (Å²) < 4.78 is 34.3. The Hall–Kier alpha value is -2.96. The van der Waals surface area contributed by atoms with Crippen LogP contribution in [0, 0.1) is 5.82 Å². The first kappa shape index (κ1) is 21.3. The van der Waals surface area contributed by atoms with Crippen LogP contribution in [0.3, 0.4) is 0 Å². The quantitative estimate of drug-likeness (QED) is 0.706. The number of halogens is 2. The van der Waals surface area contributed by atoms with Gasteiger partial charge in [-0.3, -0.25) is 4.79 Å². The zero-order chi connectivity index (χ0) is 21.0. The second kappa shape index (κ2) is 8.82. The summed E-state index contributed by atoms with van der Waals surface area (Å²) in [6.45, 7) is 7.34. The molecule has 150 valence electrons. The summed E-state index contributed by atoms with van der Waals surface area (Å²) in [6, 6.07) is 5.33. The molecule has 1 aromatic heterocycles. The van der Waals surface area contributed by atoms with Crippen molar-refractivity contribution < 1.29 is 18.3 Å². The fourth-order valence-corrected chi connectivity index (χ4v) is 2.94. The Balaban J connectivity index is 0.00000136. The number of benzene rings is 1. The lowest BCUT2D eigenvalue weighted by atomic mass is 10.0. The molecule has 2 bridgehead atoms. The van der Waals surface area contributed by atoms with Crippen LogP contribution < -0.4 is 10.5 Å². The molecule has 2 aromatic rings. The van der Waals surface area contributed by atoms with Gasteiger partial charge in [-0.1, -0.05) is 13.8 Å². The van der Waals surface area contributed by atoms with E-state index >= 15 is 0 Å². The lowest BCUT2D eigenvalue weighted by molar-refractivity contribution is 0.0801. The van der Waals surface area contributed by atoms with Crippen molar-refractivity contribution >= 4 is 17.6 Å². The number of rotatable bonds is 0. The number of nitrogens with two attached hydrogens (primary N) is 1. The Kier molecular flexibility index (Phi) is 6.72. The van der Waals surface area contributed by atoms with Crippen LogP contribution in [0.4, 0.5) is 14.6 Å². The highest BCUT2D eigenvalue weighted by molar-refractivity contribution is 5.96. The molecule has 0 spiro atoms. The molecule has 1 aliphatic heterocycles. The number of nitrogen functional groups attached to an aromatic ring is 1. The minimum atomic E-state index is -0.690. The van der Waals surface area contributed by atoms with Crippen molar-refractivity contribution in [2.24, 2.45) is 0 Å². The smallest absolute Gasteiger partial charge is 0.254 e. The molecule has 1 unspecified atom stereocenters. The van der Waals surface area contributed by atoms with Gasteiger partial charge in [0.05, 0.1) is 0 Å². The van der Waals surface area contributed by atoms with Crippen LogP contribution in [-0.4, -0.2) is 29.4 Å². The van der Waals surface area contributed by atoms with E-state index in [2.05, 4.69) is 4.98 Å². The second-order valence-corrected chi connectivity index (χ2v) is 6.35. The molecule has 28 heavy (non-hydrogen) atoms. The predicted molar refractivity (Wildman–Crippen MR) is 106 cm³/mol. The number of ether oxygens (including phenoxy) is 1. The lowest BCUT2D eigenvalue weighted by Gasteiger charge is -2.24. The summed E-state index contributed by atoms with van der Waals surface area (Å²) in [6.07, 6.45) is 0.623. The van der Waals surface area contributed by atoms with Gasteiger partial charge in [-0.15, -0.1) is 0 Å². The molecule has 0 saturated heterocycles. The molecule has 0 fully saturated rings. The molecule has 2 heterocycles. The number of nitrogens with zero attached hydrogens (tertiary/aromatic N) is 2. The number of amides is 1. The Labute approximate surface area is 163 Å². The van der Waals surface area contributed by atoms with Crippen molar-refractivity contribution in [2.75, 3.05) is 19.3 Å². The summed E-state index contributed by atoms with van der Waals surface area (Å²) in [7, 11) is 1.57. The highest BCUT2D eigenvalue weighted by Crippen LogP contribution is 2.32. The van der Waals surface area contributed by atoms with Crippen LogP contribution in [0.5, 0.6) is 5.75 Å². The van der Waals surface area contributed by atoms with Gasteiger partial charge in [-0.2, -0.15) is 0 Å². The Morgan fingerprint density at radius 2 is 1.93 bits per heavy atom. The molecule has 0 radical (unpaired) electrons. The van der Waals surface area contributed by atoms with Crippen LogP contribution in [0.15, 0.2) is 36.0 Å². The van der Waals surface area contributed by atoms with E-state index < -0.39 is 17.7 Å². The average molecular weight is 389 g/mol. The van der Waals surface area contributed by atoms with Crippen molar-refractivity contribution in [3.05, 3.63) is 58.5 Å². The van der Waals surface area contributed by atoms with Gasteiger partial charge in [0.15, 0.2) is 11.6 Å². The fraction of sp³-hybridized carbons (Fsp3) is 0.333. The number of carbonyl (C=O) groups excluding carboxylic acids is 1. The zero-order valence-electron chi connectivity index (χ0n) is 16.7. The van der Waals surface area contributed by atoms with Crippen molar-refractivity contribution in [1.29, 1.82) is 0 Å². The summed E-state index contributed by atoms with van der Waals surface area (Å²) in [5.41, 5.74) is 7.07. The van der Waals surface area contributed by atoms with Crippen LogP contribution in [0.2, 0.25) is 0 Å². The second-order valence-electron chi connectivity index (χ2n) is 6.35. The van der Waals surface area contributed by atoms with E-state index in [9.17, 15) is 13.6 Å². The van der Waals surface area contributed by atoms with Gasteiger partial charge < -0.3 is 15.4 Å². The van der Waals surface area contributed by atoms with Crippen LogP contribution in [-0.2, 0) is 0 Å². The maximum atomic E-state index is 14.7. The van der Waals surface area contributed by atoms with Crippen molar-refractivity contribution in [1.82, 2.24) is 9.88 Å². The van der Waals surface area contributed by atoms with Crippen molar-refractivity contribution in [3.8, 4) is 5.75 Å².